The Bertz CT molecular complexity index is 524. The molecule has 0 aromatic carbocycles. The number of rotatable bonds is 3. The highest BCUT2D eigenvalue weighted by Crippen LogP contribution is 2.32. The molecule has 2 heterocycles. The van der Waals surface area contributed by atoms with Gasteiger partial charge in [0.15, 0.2) is 10.8 Å². The summed E-state index contributed by atoms with van der Waals surface area (Å²) < 4.78 is 2.08. The summed E-state index contributed by atoms with van der Waals surface area (Å²) in [5.74, 6) is 0. The van der Waals surface area contributed by atoms with Gasteiger partial charge in [-0.3, -0.25) is 4.40 Å². The van der Waals surface area contributed by atoms with E-state index in [9.17, 15) is 0 Å². The zero-order valence-corrected chi connectivity index (χ0v) is 11.4. The quantitative estimate of drug-likeness (QED) is 0.922. The molecule has 2 atom stereocenters. The van der Waals surface area contributed by atoms with Gasteiger partial charge < -0.3 is 5.32 Å². The van der Waals surface area contributed by atoms with Gasteiger partial charge >= 0.3 is 0 Å². The van der Waals surface area contributed by atoms with Gasteiger partial charge in [0.05, 0.1) is 0 Å². The number of nitrogens with one attached hydrogen (secondary N) is 1. The van der Waals surface area contributed by atoms with Crippen molar-refractivity contribution in [1.29, 1.82) is 0 Å². The third-order valence-electron chi connectivity index (χ3n) is 3.61. The second-order valence-electron chi connectivity index (χ2n) is 4.75. The summed E-state index contributed by atoms with van der Waals surface area (Å²) in [6, 6.07) is 6.61. The molecule has 1 fully saturated rings. The molecule has 1 aliphatic rings. The fourth-order valence-corrected chi connectivity index (χ4v) is 3.95. The molecule has 1 saturated carbocycles. The van der Waals surface area contributed by atoms with E-state index in [-0.39, 0.29) is 0 Å². The lowest BCUT2D eigenvalue weighted by molar-refractivity contribution is 0.405. The normalized spacial score (nSPS) is 24.5. The number of fused-ring (bicyclic) bond motifs is 1. The standard InChI is InChI=1S/C13H18N4S/c1-14-10-6-2-3-7-11(10)18-13-16-15-12-8-4-5-9-17(12)13/h4-5,8-11,14H,2-3,6-7H2,1H3. The van der Waals surface area contributed by atoms with E-state index >= 15 is 0 Å². The van der Waals surface area contributed by atoms with Crippen LogP contribution in [-0.2, 0) is 0 Å². The van der Waals surface area contributed by atoms with Crippen molar-refractivity contribution in [3.8, 4) is 0 Å². The molecular weight excluding hydrogens is 244 g/mol. The predicted molar refractivity (Wildman–Crippen MR) is 73.9 cm³/mol. The van der Waals surface area contributed by atoms with Crippen LogP contribution in [0.15, 0.2) is 29.6 Å². The van der Waals surface area contributed by atoms with Crippen molar-refractivity contribution in [3.63, 3.8) is 0 Å². The van der Waals surface area contributed by atoms with Crippen molar-refractivity contribution in [2.75, 3.05) is 7.05 Å². The van der Waals surface area contributed by atoms with Gasteiger partial charge in [-0.25, -0.2) is 0 Å². The monoisotopic (exact) mass is 262 g/mol. The largest absolute Gasteiger partial charge is 0.316 e. The molecule has 2 unspecified atom stereocenters. The molecule has 0 aliphatic heterocycles. The summed E-state index contributed by atoms with van der Waals surface area (Å²) in [5.41, 5.74) is 0.928. The minimum Gasteiger partial charge on any atom is -0.316 e. The van der Waals surface area contributed by atoms with Crippen LogP contribution in [0.2, 0.25) is 0 Å². The third kappa shape index (κ3) is 2.24. The van der Waals surface area contributed by atoms with Gasteiger partial charge in [-0.2, -0.15) is 0 Å². The Morgan fingerprint density at radius 2 is 2.17 bits per heavy atom. The zero-order valence-electron chi connectivity index (χ0n) is 10.5. The van der Waals surface area contributed by atoms with Crippen LogP contribution in [0.3, 0.4) is 0 Å². The smallest absolute Gasteiger partial charge is 0.195 e. The topological polar surface area (TPSA) is 42.2 Å². The molecule has 2 aromatic heterocycles. The average Bonchev–Trinajstić information content (AvgIpc) is 2.83. The molecule has 0 radical (unpaired) electrons. The SMILES string of the molecule is CNC1CCCCC1Sc1nnc2ccccn12. The second-order valence-corrected chi connectivity index (χ2v) is 5.95. The zero-order chi connectivity index (χ0) is 12.4. The van der Waals surface area contributed by atoms with E-state index in [0.717, 1.165) is 10.8 Å². The Morgan fingerprint density at radius 3 is 3.06 bits per heavy atom. The lowest BCUT2D eigenvalue weighted by Gasteiger charge is -2.30. The van der Waals surface area contributed by atoms with E-state index in [1.807, 2.05) is 36.2 Å². The molecule has 0 amide bonds. The predicted octanol–water partition coefficient (Wildman–Crippen LogP) is 2.35. The van der Waals surface area contributed by atoms with Crippen LogP contribution in [0.1, 0.15) is 25.7 Å². The van der Waals surface area contributed by atoms with Crippen molar-refractivity contribution in [3.05, 3.63) is 24.4 Å². The van der Waals surface area contributed by atoms with Crippen LogP contribution in [0.25, 0.3) is 5.65 Å². The summed E-state index contributed by atoms with van der Waals surface area (Å²) in [6.07, 6.45) is 7.23. The Balaban J connectivity index is 1.82. The van der Waals surface area contributed by atoms with Gasteiger partial charge in [0.2, 0.25) is 0 Å². The number of hydrogen-bond acceptors (Lipinski definition) is 4. The molecule has 4 nitrogen and oxygen atoms in total. The number of aromatic nitrogens is 3. The summed E-state index contributed by atoms with van der Waals surface area (Å²) in [4.78, 5) is 0. The molecular formula is C13H18N4S. The lowest BCUT2D eigenvalue weighted by atomic mass is 9.95. The second kappa shape index (κ2) is 5.28. The van der Waals surface area contributed by atoms with E-state index in [4.69, 9.17) is 0 Å². The van der Waals surface area contributed by atoms with Crippen molar-refractivity contribution in [1.82, 2.24) is 19.9 Å². The number of pyridine rings is 1. The Kier molecular flexibility index (Phi) is 3.52. The van der Waals surface area contributed by atoms with Gasteiger partial charge in [-0.05, 0) is 32.0 Å². The molecule has 0 spiro atoms. The van der Waals surface area contributed by atoms with Crippen LogP contribution >= 0.6 is 11.8 Å². The van der Waals surface area contributed by atoms with Gasteiger partial charge in [-0.15, -0.1) is 10.2 Å². The molecule has 3 rings (SSSR count). The fraction of sp³-hybridized carbons (Fsp3) is 0.538. The molecule has 96 valence electrons. The van der Waals surface area contributed by atoms with Gasteiger partial charge in [0.25, 0.3) is 0 Å². The molecule has 18 heavy (non-hydrogen) atoms. The summed E-state index contributed by atoms with van der Waals surface area (Å²) >= 11 is 1.86. The van der Waals surface area contributed by atoms with Crippen molar-refractivity contribution < 1.29 is 0 Å². The molecule has 0 bridgehead atoms. The maximum Gasteiger partial charge on any atom is 0.195 e. The molecule has 5 heteroatoms. The maximum atomic E-state index is 4.31. The van der Waals surface area contributed by atoms with E-state index < -0.39 is 0 Å². The highest BCUT2D eigenvalue weighted by molar-refractivity contribution is 7.99. The summed E-state index contributed by atoms with van der Waals surface area (Å²) in [7, 11) is 2.06. The Morgan fingerprint density at radius 1 is 1.28 bits per heavy atom. The fourth-order valence-electron chi connectivity index (χ4n) is 2.60. The van der Waals surface area contributed by atoms with Crippen LogP contribution in [0.5, 0.6) is 0 Å². The Hall–Kier alpha value is -1.07. The first-order chi connectivity index (χ1) is 8.88. The van der Waals surface area contributed by atoms with Crippen molar-refractivity contribution in [2.45, 2.75) is 42.1 Å². The minimum absolute atomic E-state index is 0.597. The molecule has 0 saturated heterocycles. The highest BCUT2D eigenvalue weighted by atomic mass is 32.2. The van der Waals surface area contributed by atoms with Crippen LogP contribution in [0, 0.1) is 0 Å². The molecule has 1 N–H and O–H groups in total. The average molecular weight is 262 g/mol. The number of nitrogens with zero attached hydrogens (tertiary/aromatic N) is 3. The first kappa shape index (κ1) is 12.0. The van der Waals surface area contributed by atoms with Gasteiger partial charge in [0.1, 0.15) is 0 Å². The van der Waals surface area contributed by atoms with E-state index in [0.29, 0.717) is 11.3 Å². The summed E-state index contributed by atoms with van der Waals surface area (Å²) in [5, 5.41) is 13.6. The maximum absolute atomic E-state index is 4.31. The molecule has 1 aliphatic carbocycles. The lowest BCUT2D eigenvalue weighted by Crippen LogP contribution is -2.38. The molecule has 2 aromatic rings. The van der Waals surface area contributed by atoms with Gasteiger partial charge in [0, 0.05) is 17.5 Å². The highest BCUT2D eigenvalue weighted by Gasteiger charge is 2.26. The van der Waals surface area contributed by atoms with Crippen LogP contribution < -0.4 is 5.32 Å². The Labute approximate surface area is 111 Å². The minimum atomic E-state index is 0.597. The summed E-state index contributed by atoms with van der Waals surface area (Å²) in [6.45, 7) is 0. The number of thioether (sulfide) groups is 1. The van der Waals surface area contributed by atoms with Gasteiger partial charge in [-0.1, -0.05) is 30.7 Å². The van der Waals surface area contributed by atoms with Crippen molar-refractivity contribution in [2.24, 2.45) is 0 Å². The first-order valence-electron chi connectivity index (χ1n) is 6.52. The van der Waals surface area contributed by atoms with Crippen LogP contribution in [-0.4, -0.2) is 32.9 Å². The first-order valence-corrected chi connectivity index (χ1v) is 7.40. The van der Waals surface area contributed by atoms with Crippen LogP contribution in [0.4, 0.5) is 0 Å². The van der Waals surface area contributed by atoms with E-state index in [2.05, 4.69) is 27.0 Å². The van der Waals surface area contributed by atoms with E-state index in [1.165, 1.54) is 25.7 Å². The van der Waals surface area contributed by atoms with E-state index in [1.54, 1.807) is 0 Å². The number of hydrogen-bond donors (Lipinski definition) is 1. The van der Waals surface area contributed by atoms with Crippen molar-refractivity contribution >= 4 is 17.4 Å². The third-order valence-corrected chi connectivity index (χ3v) is 4.97.